The lowest BCUT2D eigenvalue weighted by Crippen LogP contribution is -2.47. The van der Waals surface area contributed by atoms with Gasteiger partial charge in [0.05, 0.1) is 19.3 Å². The standard InChI is InChI=1S/C14H21N3O3/c1-3-11-10-17(8-9-20-11)14(18)16-12-6-5-7-15-13(12)19-4-2/h5-7,11H,3-4,8-10H2,1-2H3,(H,16,18). The summed E-state index contributed by atoms with van der Waals surface area (Å²) in [5, 5.41) is 2.85. The number of nitrogens with zero attached hydrogens (tertiary/aromatic N) is 2. The van der Waals surface area contributed by atoms with Gasteiger partial charge in [-0.15, -0.1) is 0 Å². The molecule has 1 saturated heterocycles. The van der Waals surface area contributed by atoms with E-state index in [1.807, 2.05) is 6.92 Å². The summed E-state index contributed by atoms with van der Waals surface area (Å²) in [6.07, 6.45) is 2.67. The molecule has 110 valence electrons. The Labute approximate surface area is 119 Å². The minimum absolute atomic E-state index is 0.120. The zero-order chi connectivity index (χ0) is 14.4. The van der Waals surface area contributed by atoms with Crippen molar-refractivity contribution >= 4 is 11.7 Å². The Bertz CT molecular complexity index is 453. The van der Waals surface area contributed by atoms with Gasteiger partial charge in [0, 0.05) is 19.3 Å². The fourth-order valence-electron chi connectivity index (χ4n) is 2.08. The Hall–Kier alpha value is -1.82. The Balaban J connectivity index is 2.00. The van der Waals surface area contributed by atoms with Crippen molar-refractivity contribution < 1.29 is 14.3 Å². The molecule has 1 fully saturated rings. The molecule has 1 aromatic heterocycles. The molecule has 0 aromatic carbocycles. The normalized spacial score (nSPS) is 18.7. The third kappa shape index (κ3) is 3.60. The highest BCUT2D eigenvalue weighted by Crippen LogP contribution is 2.21. The second-order valence-electron chi connectivity index (χ2n) is 4.57. The third-order valence-electron chi connectivity index (χ3n) is 3.18. The molecule has 6 heteroatoms. The highest BCUT2D eigenvalue weighted by Gasteiger charge is 2.23. The second kappa shape index (κ2) is 7.09. The number of anilines is 1. The molecule has 0 radical (unpaired) electrons. The van der Waals surface area contributed by atoms with Crippen molar-refractivity contribution in [2.45, 2.75) is 26.4 Å². The Kier molecular flexibility index (Phi) is 5.17. The molecule has 1 unspecified atom stereocenters. The van der Waals surface area contributed by atoms with E-state index in [9.17, 15) is 4.79 Å². The van der Waals surface area contributed by atoms with E-state index in [1.165, 1.54) is 0 Å². The van der Waals surface area contributed by atoms with E-state index < -0.39 is 0 Å². The van der Waals surface area contributed by atoms with E-state index in [0.29, 0.717) is 37.9 Å². The van der Waals surface area contributed by atoms with Gasteiger partial charge in [-0.3, -0.25) is 0 Å². The van der Waals surface area contributed by atoms with Crippen LogP contribution in [0.4, 0.5) is 10.5 Å². The molecule has 1 aliphatic rings. The van der Waals surface area contributed by atoms with Crippen LogP contribution in [0.25, 0.3) is 0 Å². The van der Waals surface area contributed by atoms with Gasteiger partial charge in [-0.1, -0.05) is 6.92 Å². The van der Waals surface area contributed by atoms with Crippen LogP contribution < -0.4 is 10.1 Å². The lowest BCUT2D eigenvalue weighted by atomic mass is 10.2. The van der Waals surface area contributed by atoms with Gasteiger partial charge < -0.3 is 19.7 Å². The number of aromatic nitrogens is 1. The van der Waals surface area contributed by atoms with Crippen LogP contribution >= 0.6 is 0 Å². The largest absolute Gasteiger partial charge is 0.476 e. The molecule has 1 aliphatic heterocycles. The first-order valence-corrected chi connectivity index (χ1v) is 7.00. The predicted octanol–water partition coefficient (Wildman–Crippen LogP) is 2.12. The number of nitrogens with one attached hydrogen (secondary N) is 1. The minimum Gasteiger partial charge on any atom is -0.476 e. The summed E-state index contributed by atoms with van der Waals surface area (Å²) in [6, 6.07) is 3.42. The molecule has 1 aromatic rings. The zero-order valence-corrected chi connectivity index (χ0v) is 12.0. The van der Waals surface area contributed by atoms with Crippen molar-refractivity contribution in [1.29, 1.82) is 0 Å². The first-order chi connectivity index (χ1) is 9.74. The van der Waals surface area contributed by atoms with E-state index >= 15 is 0 Å². The molecule has 0 bridgehead atoms. The van der Waals surface area contributed by atoms with Crippen molar-refractivity contribution in [1.82, 2.24) is 9.88 Å². The summed E-state index contributed by atoms with van der Waals surface area (Å²) in [5.74, 6) is 0.448. The molecule has 0 saturated carbocycles. The average molecular weight is 279 g/mol. The van der Waals surface area contributed by atoms with Gasteiger partial charge in [-0.25, -0.2) is 9.78 Å². The number of carbonyl (C=O) groups excluding carboxylic acids is 1. The van der Waals surface area contributed by atoms with Crippen LogP contribution in [0, 0.1) is 0 Å². The van der Waals surface area contributed by atoms with E-state index in [1.54, 1.807) is 23.2 Å². The summed E-state index contributed by atoms with van der Waals surface area (Å²) in [4.78, 5) is 18.1. The van der Waals surface area contributed by atoms with E-state index in [0.717, 1.165) is 6.42 Å². The molecular weight excluding hydrogens is 258 g/mol. The Morgan fingerprint density at radius 3 is 3.20 bits per heavy atom. The SMILES string of the molecule is CCOc1ncccc1NC(=O)N1CCOC(CC)C1. The highest BCUT2D eigenvalue weighted by molar-refractivity contribution is 5.90. The van der Waals surface area contributed by atoms with Crippen LogP contribution in [0.15, 0.2) is 18.3 Å². The van der Waals surface area contributed by atoms with E-state index in [-0.39, 0.29) is 12.1 Å². The molecule has 0 aliphatic carbocycles. The maximum absolute atomic E-state index is 12.3. The van der Waals surface area contributed by atoms with Crippen LogP contribution in [-0.4, -0.2) is 48.3 Å². The third-order valence-corrected chi connectivity index (χ3v) is 3.18. The Morgan fingerprint density at radius 1 is 1.60 bits per heavy atom. The number of pyridine rings is 1. The maximum atomic E-state index is 12.3. The molecule has 2 heterocycles. The van der Waals surface area contributed by atoms with Crippen LogP contribution in [0.2, 0.25) is 0 Å². The first kappa shape index (κ1) is 14.6. The van der Waals surface area contributed by atoms with Crippen molar-refractivity contribution in [3.8, 4) is 5.88 Å². The van der Waals surface area contributed by atoms with E-state index in [2.05, 4.69) is 17.2 Å². The second-order valence-corrected chi connectivity index (χ2v) is 4.57. The topological polar surface area (TPSA) is 63.7 Å². The number of ether oxygens (including phenoxy) is 2. The number of amides is 2. The van der Waals surface area contributed by atoms with Crippen molar-refractivity contribution in [3.05, 3.63) is 18.3 Å². The smallest absolute Gasteiger partial charge is 0.322 e. The van der Waals surface area contributed by atoms with Crippen molar-refractivity contribution in [3.63, 3.8) is 0 Å². The van der Waals surface area contributed by atoms with Crippen LogP contribution in [0.1, 0.15) is 20.3 Å². The number of urea groups is 1. The molecule has 20 heavy (non-hydrogen) atoms. The van der Waals surface area contributed by atoms with Crippen molar-refractivity contribution in [2.24, 2.45) is 0 Å². The van der Waals surface area contributed by atoms with Gasteiger partial charge in [0.2, 0.25) is 5.88 Å². The summed E-state index contributed by atoms with van der Waals surface area (Å²) < 4.78 is 11.0. The van der Waals surface area contributed by atoms with E-state index in [4.69, 9.17) is 9.47 Å². The number of hydrogen-bond donors (Lipinski definition) is 1. The maximum Gasteiger partial charge on any atom is 0.322 e. The molecule has 1 N–H and O–H groups in total. The number of morpholine rings is 1. The number of hydrogen-bond acceptors (Lipinski definition) is 4. The lowest BCUT2D eigenvalue weighted by molar-refractivity contribution is -0.0134. The van der Waals surface area contributed by atoms with Crippen LogP contribution in [0.3, 0.4) is 0 Å². The molecule has 2 amide bonds. The summed E-state index contributed by atoms with van der Waals surface area (Å²) in [5.41, 5.74) is 0.596. The molecule has 6 nitrogen and oxygen atoms in total. The molecule has 0 spiro atoms. The molecular formula is C14H21N3O3. The van der Waals surface area contributed by atoms with Gasteiger partial charge in [0.1, 0.15) is 5.69 Å². The molecule has 1 atom stereocenters. The van der Waals surface area contributed by atoms with Crippen molar-refractivity contribution in [2.75, 3.05) is 31.6 Å². The lowest BCUT2D eigenvalue weighted by Gasteiger charge is -2.32. The summed E-state index contributed by atoms with van der Waals surface area (Å²) >= 11 is 0. The fraction of sp³-hybridized carbons (Fsp3) is 0.571. The fourth-order valence-corrected chi connectivity index (χ4v) is 2.08. The van der Waals surface area contributed by atoms with Gasteiger partial charge in [0.15, 0.2) is 0 Å². The number of carbonyl (C=O) groups is 1. The zero-order valence-electron chi connectivity index (χ0n) is 12.0. The molecule has 2 rings (SSSR count). The van der Waals surface area contributed by atoms with Gasteiger partial charge in [-0.05, 0) is 25.5 Å². The van der Waals surface area contributed by atoms with Gasteiger partial charge >= 0.3 is 6.03 Å². The summed E-state index contributed by atoms with van der Waals surface area (Å²) in [6.45, 7) is 6.25. The quantitative estimate of drug-likeness (QED) is 0.917. The van der Waals surface area contributed by atoms with Gasteiger partial charge in [-0.2, -0.15) is 0 Å². The van der Waals surface area contributed by atoms with Crippen LogP contribution in [-0.2, 0) is 4.74 Å². The minimum atomic E-state index is -0.138. The Morgan fingerprint density at radius 2 is 2.45 bits per heavy atom. The highest BCUT2D eigenvalue weighted by atomic mass is 16.5. The predicted molar refractivity (Wildman–Crippen MR) is 76.0 cm³/mol. The van der Waals surface area contributed by atoms with Crippen LogP contribution in [0.5, 0.6) is 5.88 Å². The number of rotatable bonds is 4. The monoisotopic (exact) mass is 279 g/mol. The summed E-state index contributed by atoms with van der Waals surface area (Å²) in [7, 11) is 0. The van der Waals surface area contributed by atoms with Gasteiger partial charge in [0.25, 0.3) is 0 Å². The first-order valence-electron chi connectivity index (χ1n) is 7.00. The average Bonchev–Trinajstić information content (AvgIpc) is 2.49.